The third-order valence-electron chi connectivity index (χ3n) is 2.99. The topological polar surface area (TPSA) is 77.1 Å². The Hall–Kier alpha value is -2.43. The van der Waals surface area contributed by atoms with Crippen LogP contribution in [-0.2, 0) is 0 Å². The van der Waals surface area contributed by atoms with Crippen molar-refractivity contribution in [3.05, 3.63) is 30.0 Å². The van der Waals surface area contributed by atoms with Crippen molar-refractivity contribution in [2.24, 2.45) is 0 Å². The first-order valence-corrected chi connectivity index (χ1v) is 5.58. The highest BCUT2D eigenvalue weighted by Crippen LogP contribution is 2.38. The highest BCUT2D eigenvalue weighted by molar-refractivity contribution is 5.95. The van der Waals surface area contributed by atoms with Crippen LogP contribution in [0.4, 0.5) is 5.82 Å². The largest absolute Gasteiger partial charge is 0.495 e. The molecule has 5 heteroatoms. The maximum atomic E-state index is 5.58. The van der Waals surface area contributed by atoms with Crippen LogP contribution in [0.2, 0.25) is 0 Å². The zero-order valence-corrected chi connectivity index (χ0v) is 10.2. The third kappa shape index (κ3) is 1.44. The van der Waals surface area contributed by atoms with E-state index < -0.39 is 0 Å². The predicted molar refractivity (Wildman–Crippen MR) is 69.5 cm³/mol. The molecule has 3 rings (SSSR count). The van der Waals surface area contributed by atoms with Crippen LogP contribution in [0.1, 0.15) is 5.56 Å². The fourth-order valence-corrected chi connectivity index (χ4v) is 2.17. The molecule has 0 spiro atoms. The number of hydrogen-bond donors (Lipinski definition) is 2. The SMILES string of the molecule is COc1c(-c2cc(N)no2)ccc2[nH]cc(C)c12. The number of hydrogen-bond acceptors (Lipinski definition) is 4. The van der Waals surface area contributed by atoms with Crippen molar-refractivity contribution in [3.8, 4) is 17.1 Å². The summed E-state index contributed by atoms with van der Waals surface area (Å²) in [7, 11) is 1.64. The molecule has 3 N–H and O–H groups in total. The van der Waals surface area contributed by atoms with E-state index in [2.05, 4.69) is 10.1 Å². The lowest BCUT2D eigenvalue weighted by Gasteiger charge is -2.08. The summed E-state index contributed by atoms with van der Waals surface area (Å²) in [6.07, 6.45) is 1.95. The number of nitrogens with two attached hydrogens (primary N) is 1. The average Bonchev–Trinajstić information content (AvgIpc) is 2.95. The number of ether oxygens (including phenoxy) is 1. The van der Waals surface area contributed by atoms with Crippen molar-refractivity contribution in [2.45, 2.75) is 6.92 Å². The molecule has 0 radical (unpaired) electrons. The number of H-pyrrole nitrogens is 1. The maximum Gasteiger partial charge on any atom is 0.172 e. The highest BCUT2D eigenvalue weighted by Gasteiger charge is 2.16. The molecule has 2 heterocycles. The molecule has 0 bridgehead atoms. The predicted octanol–water partition coefficient (Wildman–Crippen LogP) is 2.72. The summed E-state index contributed by atoms with van der Waals surface area (Å²) < 4.78 is 10.7. The van der Waals surface area contributed by atoms with Gasteiger partial charge in [0, 0.05) is 23.2 Å². The summed E-state index contributed by atoms with van der Waals surface area (Å²) in [5.41, 5.74) is 8.57. The van der Waals surface area contributed by atoms with E-state index in [1.165, 1.54) is 0 Å². The van der Waals surface area contributed by atoms with Gasteiger partial charge in [0.15, 0.2) is 11.6 Å². The van der Waals surface area contributed by atoms with Crippen LogP contribution in [0.15, 0.2) is 28.9 Å². The molecule has 1 aromatic carbocycles. The van der Waals surface area contributed by atoms with Crippen molar-refractivity contribution in [3.63, 3.8) is 0 Å². The van der Waals surface area contributed by atoms with Crippen LogP contribution in [0.5, 0.6) is 5.75 Å². The molecular formula is C13H13N3O2. The molecule has 5 nitrogen and oxygen atoms in total. The van der Waals surface area contributed by atoms with E-state index in [4.69, 9.17) is 15.0 Å². The number of aromatic nitrogens is 2. The van der Waals surface area contributed by atoms with Crippen LogP contribution in [0.3, 0.4) is 0 Å². The summed E-state index contributed by atoms with van der Waals surface area (Å²) in [5, 5.41) is 4.74. The Balaban J connectivity index is 2.32. The molecule has 3 aromatic rings. The normalized spacial score (nSPS) is 11.0. The summed E-state index contributed by atoms with van der Waals surface area (Å²) in [4.78, 5) is 3.20. The summed E-state index contributed by atoms with van der Waals surface area (Å²) >= 11 is 0. The lowest BCUT2D eigenvalue weighted by Crippen LogP contribution is -1.89. The van der Waals surface area contributed by atoms with E-state index in [1.54, 1.807) is 13.2 Å². The Morgan fingerprint density at radius 1 is 1.39 bits per heavy atom. The molecule has 0 saturated heterocycles. The lowest BCUT2D eigenvalue weighted by atomic mass is 10.1. The minimum Gasteiger partial charge on any atom is -0.495 e. The summed E-state index contributed by atoms with van der Waals surface area (Å²) in [5.74, 6) is 1.73. The zero-order valence-electron chi connectivity index (χ0n) is 10.2. The molecule has 2 aromatic heterocycles. The van der Waals surface area contributed by atoms with Gasteiger partial charge >= 0.3 is 0 Å². The van der Waals surface area contributed by atoms with E-state index >= 15 is 0 Å². The molecule has 0 atom stereocenters. The van der Waals surface area contributed by atoms with Gasteiger partial charge in [0.1, 0.15) is 5.75 Å². The maximum absolute atomic E-state index is 5.58. The van der Waals surface area contributed by atoms with Gasteiger partial charge in [-0.1, -0.05) is 5.16 Å². The Labute approximate surface area is 104 Å². The first kappa shape index (κ1) is 10.7. The van der Waals surface area contributed by atoms with E-state index in [-0.39, 0.29) is 0 Å². The zero-order chi connectivity index (χ0) is 12.7. The molecular weight excluding hydrogens is 230 g/mol. The molecule has 0 fully saturated rings. The van der Waals surface area contributed by atoms with Crippen LogP contribution in [-0.4, -0.2) is 17.3 Å². The second-order valence-corrected chi connectivity index (χ2v) is 4.16. The van der Waals surface area contributed by atoms with Crippen molar-refractivity contribution < 1.29 is 9.26 Å². The van der Waals surface area contributed by atoms with Gasteiger partial charge in [0.05, 0.1) is 12.7 Å². The second kappa shape index (κ2) is 3.80. The average molecular weight is 243 g/mol. The van der Waals surface area contributed by atoms with Gasteiger partial charge in [0.2, 0.25) is 0 Å². The van der Waals surface area contributed by atoms with Crippen molar-refractivity contribution >= 4 is 16.7 Å². The van der Waals surface area contributed by atoms with Crippen molar-refractivity contribution in [2.75, 3.05) is 12.8 Å². The van der Waals surface area contributed by atoms with Crippen molar-refractivity contribution in [1.29, 1.82) is 0 Å². The number of benzene rings is 1. The number of nitrogen functional groups attached to an aromatic ring is 1. The second-order valence-electron chi connectivity index (χ2n) is 4.16. The smallest absolute Gasteiger partial charge is 0.172 e. The molecule has 92 valence electrons. The van der Waals surface area contributed by atoms with E-state index in [0.717, 1.165) is 27.8 Å². The van der Waals surface area contributed by atoms with Crippen molar-refractivity contribution in [1.82, 2.24) is 10.1 Å². The highest BCUT2D eigenvalue weighted by atomic mass is 16.5. The third-order valence-corrected chi connectivity index (χ3v) is 2.99. The van der Waals surface area contributed by atoms with E-state index in [1.807, 2.05) is 25.3 Å². The Morgan fingerprint density at radius 3 is 2.89 bits per heavy atom. The first-order chi connectivity index (χ1) is 8.70. The number of aryl methyl sites for hydroxylation is 1. The monoisotopic (exact) mass is 243 g/mol. The standard InChI is InChI=1S/C13H13N3O2/c1-7-6-15-9-4-3-8(13(17-2)12(7)9)10-5-11(14)16-18-10/h3-6,15H,1-2H3,(H2,14,16). The van der Waals surface area contributed by atoms with Crippen LogP contribution in [0, 0.1) is 6.92 Å². The quantitative estimate of drug-likeness (QED) is 0.725. The molecule has 0 amide bonds. The number of anilines is 1. The van der Waals surface area contributed by atoms with Gasteiger partial charge in [-0.2, -0.15) is 0 Å². The van der Waals surface area contributed by atoms with Crippen LogP contribution >= 0.6 is 0 Å². The molecule has 18 heavy (non-hydrogen) atoms. The van der Waals surface area contributed by atoms with Crippen LogP contribution in [0.25, 0.3) is 22.2 Å². The number of nitrogens with one attached hydrogen (secondary N) is 1. The fraction of sp³-hybridized carbons (Fsp3) is 0.154. The number of aromatic amines is 1. The molecule has 0 aliphatic heterocycles. The molecule has 0 aliphatic carbocycles. The molecule has 0 aliphatic rings. The van der Waals surface area contributed by atoms with Gasteiger partial charge in [-0.15, -0.1) is 0 Å². The minimum absolute atomic E-state index is 0.359. The Kier molecular flexibility index (Phi) is 2.26. The number of nitrogens with zero attached hydrogens (tertiary/aromatic N) is 1. The Morgan fingerprint density at radius 2 is 2.22 bits per heavy atom. The summed E-state index contributed by atoms with van der Waals surface area (Å²) in [6, 6.07) is 5.60. The number of rotatable bonds is 2. The van der Waals surface area contributed by atoms with Gasteiger partial charge in [-0.05, 0) is 24.6 Å². The molecule has 0 saturated carbocycles. The van der Waals surface area contributed by atoms with Gasteiger partial charge < -0.3 is 20.0 Å². The van der Waals surface area contributed by atoms with E-state index in [9.17, 15) is 0 Å². The van der Waals surface area contributed by atoms with E-state index in [0.29, 0.717) is 11.6 Å². The lowest BCUT2D eigenvalue weighted by molar-refractivity contribution is 0.410. The first-order valence-electron chi connectivity index (χ1n) is 5.58. The van der Waals surface area contributed by atoms with Gasteiger partial charge in [-0.3, -0.25) is 0 Å². The van der Waals surface area contributed by atoms with Gasteiger partial charge in [-0.25, -0.2) is 0 Å². The van der Waals surface area contributed by atoms with Crippen LogP contribution < -0.4 is 10.5 Å². The van der Waals surface area contributed by atoms with Gasteiger partial charge in [0.25, 0.3) is 0 Å². The number of fused-ring (bicyclic) bond motifs is 1. The molecule has 0 unspecified atom stereocenters. The fourth-order valence-electron chi connectivity index (χ4n) is 2.17. The Bertz CT molecular complexity index is 712. The minimum atomic E-state index is 0.359. The number of methoxy groups -OCH3 is 1. The summed E-state index contributed by atoms with van der Waals surface area (Å²) in [6.45, 7) is 2.03.